The van der Waals surface area contributed by atoms with Crippen molar-refractivity contribution in [2.75, 3.05) is 58.7 Å². The van der Waals surface area contributed by atoms with Gasteiger partial charge in [0.15, 0.2) is 11.6 Å². The summed E-state index contributed by atoms with van der Waals surface area (Å²) in [6.45, 7) is 4.88. The molecule has 12 atom stereocenters. The molecule has 0 spiro atoms. The van der Waals surface area contributed by atoms with Crippen molar-refractivity contribution in [3.8, 4) is 5.75 Å². The van der Waals surface area contributed by atoms with E-state index in [0.29, 0.717) is 86.8 Å². The number of piperidine rings is 1. The second-order valence-electron chi connectivity index (χ2n) is 23.7. The largest absolute Gasteiger partial charge is 0.496 e. The van der Waals surface area contributed by atoms with Gasteiger partial charge in [-0.3, -0.25) is 61.7 Å². The Morgan fingerprint density at radius 3 is 2.27 bits per heavy atom. The maximum atomic E-state index is 15.4. The fourth-order valence-electron chi connectivity index (χ4n) is 11.6. The molecular weight excluding hydrogens is 1200 g/mol. The van der Waals surface area contributed by atoms with Crippen LogP contribution in [0.25, 0.3) is 10.9 Å². The van der Waals surface area contributed by atoms with Crippen LogP contribution >= 0.6 is 11.8 Å². The number of rotatable bonds is 20. The van der Waals surface area contributed by atoms with E-state index < -0.39 is 193 Å². The van der Waals surface area contributed by atoms with Gasteiger partial charge in [-0.2, -0.15) is 11.8 Å². The second-order valence-corrected chi connectivity index (χ2v) is 26.4. The second kappa shape index (κ2) is 33.2. The predicted octanol–water partition coefficient (Wildman–Crippen LogP) is -1.42. The van der Waals surface area contributed by atoms with Gasteiger partial charge in [0.2, 0.25) is 53.2 Å². The number of aromatic nitrogens is 1. The molecule has 4 aliphatic heterocycles. The number of unbranched alkanes of at least 4 members (excludes halogenated alkanes) is 2. The number of carbonyl (C=O) groups excluding carboxylic acids is 11. The number of nitrogens with two attached hydrogens (primary N) is 1. The third-order valence-electron chi connectivity index (χ3n) is 17.2. The highest BCUT2D eigenvalue weighted by Gasteiger charge is 2.45. The van der Waals surface area contributed by atoms with Crippen molar-refractivity contribution >= 4 is 104 Å². The molecule has 2 bridgehead atoms. The summed E-state index contributed by atoms with van der Waals surface area (Å²) in [6, 6.07) is -3.66. The van der Waals surface area contributed by atoms with Gasteiger partial charge in [0.25, 0.3) is 0 Å². The fraction of sp³-hybridized carbons (Fsp3) is 0.661. The number of likely N-dealkylation sites (tertiary alicyclic amines) is 1. The number of benzene rings is 1. The minimum atomic E-state index is -2.42. The zero-order valence-corrected chi connectivity index (χ0v) is 52.6. The lowest BCUT2D eigenvalue weighted by Crippen LogP contribution is -2.60. The summed E-state index contributed by atoms with van der Waals surface area (Å²) in [7, 11) is -0.966. The van der Waals surface area contributed by atoms with Crippen molar-refractivity contribution in [2.45, 2.75) is 164 Å². The number of nitrogens with one attached hydrogen (secondary N) is 7. The van der Waals surface area contributed by atoms with E-state index in [-0.39, 0.29) is 46.2 Å². The number of thioether (sulfide) groups is 1. The number of hydrogen-bond donors (Lipinski definition) is 12. The fourth-order valence-corrected chi connectivity index (χ4v) is 14.2. The molecule has 2 unspecified atom stereocenters. The van der Waals surface area contributed by atoms with E-state index >= 15 is 9.00 Å². The van der Waals surface area contributed by atoms with Crippen LogP contribution in [0.4, 0.5) is 0 Å². The van der Waals surface area contributed by atoms with E-state index in [0.717, 1.165) is 4.90 Å². The Kier molecular flexibility index (Phi) is 26.5. The third kappa shape index (κ3) is 19.3. The van der Waals surface area contributed by atoms with Gasteiger partial charge < -0.3 is 77.6 Å². The van der Waals surface area contributed by atoms with Crippen LogP contribution in [0.3, 0.4) is 0 Å². The van der Waals surface area contributed by atoms with E-state index in [9.17, 15) is 68.1 Å². The number of carboxylic acid groups (broad SMARTS) is 1. The summed E-state index contributed by atoms with van der Waals surface area (Å²) < 4.78 is 21.3. The summed E-state index contributed by atoms with van der Waals surface area (Å²) in [6.07, 6.45) is -2.04. The Morgan fingerprint density at radius 1 is 0.899 bits per heavy atom. The Labute approximate surface area is 522 Å². The van der Waals surface area contributed by atoms with Crippen molar-refractivity contribution in [2.24, 2.45) is 35.3 Å². The molecule has 2 aromatic rings. The highest BCUT2D eigenvalue weighted by molar-refractivity contribution is 7.99. The van der Waals surface area contributed by atoms with E-state index in [1.54, 1.807) is 37.7 Å². The number of ether oxygens (including phenoxy) is 1. The number of primary amides is 1. The van der Waals surface area contributed by atoms with Crippen LogP contribution in [-0.2, 0) is 80.5 Å². The molecule has 9 amide bonds. The SMILES string of the molecule is CC[C@H](C)[C@@H]1CC(=O)CNC(=O)[C@H]2CC(=O)[C@H]([C@@H](C)[C@@H](O)CO)NC(=O)[C@@H]3C[C@@H](O)CN3C(=O)[C@H](CC(N)=O)NC(=O)[C@H](CS(=O)c3[nH]c4c(CSC5CCN(C(=O)CCCCCNC(=O)CC(C)C(=O)O)CC5)c(OC)ccc4c3C2)NC(=O)CNC1=O. The first-order valence-corrected chi connectivity index (χ1v) is 32.6. The number of H-pyrrole nitrogens is 1. The molecule has 0 aliphatic carbocycles. The van der Waals surface area contributed by atoms with Crippen molar-refractivity contribution in [3.63, 3.8) is 0 Å². The molecule has 6 rings (SSSR count). The summed E-state index contributed by atoms with van der Waals surface area (Å²) in [4.78, 5) is 170. The minimum Gasteiger partial charge on any atom is -0.496 e. The lowest BCUT2D eigenvalue weighted by molar-refractivity contribution is -0.144. The van der Waals surface area contributed by atoms with Crippen molar-refractivity contribution in [1.29, 1.82) is 0 Å². The van der Waals surface area contributed by atoms with Crippen LogP contribution in [0.5, 0.6) is 5.75 Å². The molecule has 30 heteroatoms. The number of aliphatic hydroxyl groups is 3. The van der Waals surface area contributed by atoms with E-state index in [4.69, 9.17) is 15.6 Å². The summed E-state index contributed by atoms with van der Waals surface area (Å²) >= 11 is 1.58. The Balaban J connectivity index is 1.40. The lowest BCUT2D eigenvalue weighted by Gasteiger charge is -2.32. The normalized spacial score (nSPS) is 25.5. The van der Waals surface area contributed by atoms with Gasteiger partial charge >= 0.3 is 5.97 Å². The van der Waals surface area contributed by atoms with Crippen molar-refractivity contribution in [3.05, 3.63) is 23.3 Å². The van der Waals surface area contributed by atoms with Gasteiger partial charge in [-0.25, -0.2) is 0 Å². The van der Waals surface area contributed by atoms with Crippen LogP contribution in [0, 0.1) is 29.6 Å². The van der Waals surface area contributed by atoms with Gasteiger partial charge in [0.05, 0.1) is 79.5 Å². The van der Waals surface area contributed by atoms with Gasteiger partial charge in [-0.1, -0.05) is 40.5 Å². The van der Waals surface area contributed by atoms with Crippen molar-refractivity contribution < 1.29 is 86.9 Å². The summed E-state index contributed by atoms with van der Waals surface area (Å²) in [5, 5.41) is 56.8. The Bertz CT molecular complexity index is 2990. The average molecular weight is 1290 g/mol. The zero-order chi connectivity index (χ0) is 65.4. The molecule has 13 N–H and O–H groups in total. The number of nitrogens with zero attached hydrogens (tertiary/aromatic N) is 2. The van der Waals surface area contributed by atoms with Gasteiger partial charge in [0.1, 0.15) is 28.9 Å². The molecule has 89 heavy (non-hydrogen) atoms. The number of aliphatic hydroxyl groups excluding tert-OH is 3. The Morgan fingerprint density at radius 2 is 1.61 bits per heavy atom. The molecule has 28 nitrogen and oxygen atoms in total. The quantitative estimate of drug-likeness (QED) is 0.0677. The van der Waals surface area contributed by atoms with E-state index in [1.807, 2.05) is 4.90 Å². The molecule has 0 radical (unpaired) electrons. The van der Waals surface area contributed by atoms with Gasteiger partial charge in [0, 0.05) is 98.0 Å². The number of fused-ring (bicyclic) bond motifs is 5. The number of Topliss-reactive ketones (excluding diaryl/α,β-unsaturated/α-hetero) is 2. The molecule has 4 aliphatic rings. The molecule has 5 heterocycles. The lowest BCUT2D eigenvalue weighted by atomic mass is 9.85. The third-order valence-corrected chi connectivity index (χ3v) is 20.0. The number of hydrogen-bond acceptors (Lipinski definition) is 18. The summed E-state index contributed by atoms with van der Waals surface area (Å²) in [5.41, 5.74) is 6.75. The Hall–Kier alpha value is -7.02. The minimum absolute atomic E-state index is 0.00442. The first-order valence-electron chi connectivity index (χ1n) is 30.3. The molecular formula is C59H86N10O18S2. The molecule has 1 aromatic carbocycles. The van der Waals surface area contributed by atoms with Gasteiger partial charge in [-0.05, 0) is 55.7 Å². The number of carboxylic acids is 1. The highest BCUT2D eigenvalue weighted by Crippen LogP contribution is 2.39. The van der Waals surface area contributed by atoms with Crippen LogP contribution in [-0.4, -0.2) is 210 Å². The first-order chi connectivity index (χ1) is 42.2. The average Bonchev–Trinajstić information content (AvgIpc) is 1.79. The number of aliphatic carboxylic acids is 1. The van der Waals surface area contributed by atoms with Crippen LogP contribution < -0.4 is 42.4 Å². The number of aromatic amines is 1. The summed E-state index contributed by atoms with van der Waals surface area (Å²) in [5.74, 6) is -14.8. The molecule has 0 saturated carbocycles. The van der Waals surface area contributed by atoms with Crippen LogP contribution in [0.1, 0.15) is 116 Å². The number of carbonyl (C=O) groups is 12. The van der Waals surface area contributed by atoms with Crippen LogP contribution in [0.15, 0.2) is 17.2 Å². The monoisotopic (exact) mass is 1290 g/mol. The maximum absolute atomic E-state index is 15.4. The smallest absolute Gasteiger partial charge is 0.306 e. The molecule has 2 saturated heterocycles. The predicted molar refractivity (Wildman–Crippen MR) is 323 cm³/mol. The molecule has 2 fully saturated rings. The first kappa shape index (κ1) is 71.1. The maximum Gasteiger partial charge on any atom is 0.306 e. The highest BCUT2D eigenvalue weighted by atomic mass is 32.2. The van der Waals surface area contributed by atoms with Gasteiger partial charge in [-0.15, -0.1) is 0 Å². The standard InChI is InChI=1S/C59H86N10O18S2/c1-6-30(2)38-21-34(71)24-62-53(79)33-19-39-37-11-12-46(87-5)40(28-88-36-13-16-68(17-14-36)50(78)10-8-7-9-15-61-48(76)18-31(3)59(84)85)52(37)67-57(39)89(86)29-42(64-49(77)25-63-54(38)80)55(81)65-41(23-47(60)75)58(83)69-26-35(72)22-43(69)56(82)66-51(44(73)20-33)32(4)45(74)27-70/h11-12,30-33,35-36,38,41-43,45,51,67,70,72,74H,6-10,13-29H2,1-5H3,(H2,60,75)(H,61,76)(H,62,79)(H,63,80)(H,64,77)(H,65,81)(H,66,82)(H,84,85)/t30-,31?,32-,33+,35+,38-,41-,42-,43-,45-,51-,89?/m0/s1. The van der Waals surface area contributed by atoms with E-state index in [1.165, 1.54) is 21.0 Å². The zero-order valence-electron chi connectivity index (χ0n) is 50.9. The molecule has 492 valence electrons. The molecule has 1 aromatic heterocycles. The van der Waals surface area contributed by atoms with Crippen LogP contribution in [0.2, 0.25) is 0 Å². The number of methoxy groups -OCH3 is 1. The van der Waals surface area contributed by atoms with Crippen molar-refractivity contribution in [1.82, 2.24) is 46.7 Å². The number of amides is 9. The van der Waals surface area contributed by atoms with E-state index in [2.05, 4.69) is 36.9 Å². The number of ketones is 2. The topological polar surface area (TPSA) is 433 Å².